The van der Waals surface area contributed by atoms with Gasteiger partial charge in [-0.3, -0.25) is 0 Å². The summed E-state index contributed by atoms with van der Waals surface area (Å²) in [5.74, 6) is 1.49. The second-order valence-corrected chi connectivity index (χ2v) is 3.69. The van der Waals surface area contributed by atoms with Crippen molar-refractivity contribution in [3.63, 3.8) is 0 Å². The number of hydrogen-bond donors (Lipinski definition) is 0. The van der Waals surface area contributed by atoms with Gasteiger partial charge in [0, 0.05) is 11.3 Å². The molecular formula is C10H11ClO. The quantitative estimate of drug-likeness (QED) is 0.640. The van der Waals surface area contributed by atoms with E-state index in [0.717, 1.165) is 12.2 Å². The largest absolute Gasteiger partial charge is 0.497 e. The van der Waals surface area contributed by atoms with Crippen LogP contribution in [0.2, 0.25) is 0 Å². The first-order chi connectivity index (χ1) is 5.81. The highest BCUT2D eigenvalue weighted by molar-refractivity contribution is 6.23. The zero-order valence-electron chi connectivity index (χ0n) is 6.96. The van der Waals surface area contributed by atoms with E-state index in [1.165, 1.54) is 5.56 Å². The highest BCUT2D eigenvalue weighted by Gasteiger charge is 2.36. The maximum Gasteiger partial charge on any atom is 0.118 e. The van der Waals surface area contributed by atoms with Gasteiger partial charge < -0.3 is 4.74 Å². The molecule has 64 valence electrons. The third kappa shape index (κ3) is 1.42. The first-order valence-corrected chi connectivity index (χ1v) is 4.53. The molecule has 12 heavy (non-hydrogen) atoms. The monoisotopic (exact) mass is 182 g/mol. The van der Waals surface area contributed by atoms with Crippen LogP contribution in [0.25, 0.3) is 0 Å². The Morgan fingerprint density at radius 3 is 2.33 bits per heavy atom. The Morgan fingerprint density at radius 1 is 1.33 bits per heavy atom. The number of ether oxygens (including phenoxy) is 1. The summed E-state index contributed by atoms with van der Waals surface area (Å²) in [5, 5.41) is 0.360. The summed E-state index contributed by atoms with van der Waals surface area (Å²) in [7, 11) is 1.68. The van der Waals surface area contributed by atoms with Gasteiger partial charge in [-0.1, -0.05) is 12.1 Å². The highest BCUT2D eigenvalue weighted by atomic mass is 35.5. The molecule has 0 bridgehead atoms. The van der Waals surface area contributed by atoms with Gasteiger partial charge in [0.05, 0.1) is 7.11 Å². The van der Waals surface area contributed by atoms with E-state index >= 15 is 0 Å². The van der Waals surface area contributed by atoms with E-state index in [0.29, 0.717) is 11.3 Å². The molecule has 2 rings (SSSR count). The predicted octanol–water partition coefficient (Wildman–Crippen LogP) is 2.79. The minimum atomic E-state index is 0.360. The fourth-order valence-corrected chi connectivity index (χ4v) is 1.70. The molecule has 2 atom stereocenters. The molecule has 1 unspecified atom stereocenters. The van der Waals surface area contributed by atoms with Crippen molar-refractivity contribution in [3.05, 3.63) is 29.8 Å². The topological polar surface area (TPSA) is 9.23 Å². The van der Waals surface area contributed by atoms with Gasteiger partial charge in [0.25, 0.3) is 0 Å². The van der Waals surface area contributed by atoms with Crippen molar-refractivity contribution in [1.82, 2.24) is 0 Å². The maximum absolute atomic E-state index is 5.93. The Hall–Kier alpha value is -0.690. The van der Waals surface area contributed by atoms with E-state index in [9.17, 15) is 0 Å². The van der Waals surface area contributed by atoms with Crippen molar-refractivity contribution >= 4 is 11.6 Å². The molecule has 2 heteroatoms. The molecule has 1 aromatic rings. The molecule has 1 fully saturated rings. The summed E-state index contributed by atoms with van der Waals surface area (Å²) in [4.78, 5) is 0. The van der Waals surface area contributed by atoms with Gasteiger partial charge in [-0.2, -0.15) is 0 Å². The van der Waals surface area contributed by atoms with Crippen molar-refractivity contribution in [2.75, 3.05) is 7.11 Å². The van der Waals surface area contributed by atoms with Gasteiger partial charge in [-0.15, -0.1) is 11.6 Å². The Bertz CT molecular complexity index is 268. The van der Waals surface area contributed by atoms with Crippen molar-refractivity contribution in [2.24, 2.45) is 0 Å². The second-order valence-electron chi connectivity index (χ2n) is 3.13. The van der Waals surface area contributed by atoms with Crippen LogP contribution in [-0.4, -0.2) is 12.5 Å². The van der Waals surface area contributed by atoms with E-state index in [4.69, 9.17) is 16.3 Å². The molecule has 1 aliphatic carbocycles. The molecule has 0 radical (unpaired) electrons. The third-order valence-electron chi connectivity index (χ3n) is 2.26. The molecule has 1 aliphatic rings. The van der Waals surface area contributed by atoms with Crippen molar-refractivity contribution < 1.29 is 4.74 Å². The lowest BCUT2D eigenvalue weighted by Gasteiger charge is -2.00. The van der Waals surface area contributed by atoms with E-state index in [1.54, 1.807) is 7.11 Å². The average molecular weight is 183 g/mol. The zero-order valence-corrected chi connectivity index (χ0v) is 7.71. The Labute approximate surface area is 77.3 Å². The van der Waals surface area contributed by atoms with Crippen LogP contribution in [0.4, 0.5) is 0 Å². The van der Waals surface area contributed by atoms with Gasteiger partial charge in [0.1, 0.15) is 5.75 Å². The van der Waals surface area contributed by atoms with Crippen LogP contribution in [0.3, 0.4) is 0 Å². The van der Waals surface area contributed by atoms with Gasteiger partial charge in [0.2, 0.25) is 0 Å². The third-order valence-corrected chi connectivity index (χ3v) is 2.74. The van der Waals surface area contributed by atoms with Gasteiger partial charge in [-0.25, -0.2) is 0 Å². The molecule has 0 heterocycles. The summed E-state index contributed by atoms with van der Waals surface area (Å²) < 4.78 is 5.06. The fourth-order valence-electron chi connectivity index (χ4n) is 1.36. The van der Waals surface area contributed by atoms with E-state index < -0.39 is 0 Å². The van der Waals surface area contributed by atoms with Crippen LogP contribution in [-0.2, 0) is 0 Å². The minimum absolute atomic E-state index is 0.360. The number of alkyl halides is 1. The highest BCUT2D eigenvalue weighted by Crippen LogP contribution is 2.45. The smallest absolute Gasteiger partial charge is 0.118 e. The van der Waals surface area contributed by atoms with Gasteiger partial charge in [0.15, 0.2) is 0 Å². The Balaban J connectivity index is 2.14. The SMILES string of the molecule is COc1ccc(C2C[C@H]2Cl)cc1. The first-order valence-electron chi connectivity index (χ1n) is 4.09. The summed E-state index contributed by atoms with van der Waals surface area (Å²) in [6, 6.07) is 8.15. The Kier molecular flexibility index (Phi) is 1.97. The van der Waals surface area contributed by atoms with Crippen molar-refractivity contribution in [1.29, 1.82) is 0 Å². The van der Waals surface area contributed by atoms with Crippen LogP contribution < -0.4 is 4.74 Å². The number of benzene rings is 1. The summed E-state index contributed by atoms with van der Waals surface area (Å²) >= 11 is 5.93. The zero-order chi connectivity index (χ0) is 8.55. The van der Waals surface area contributed by atoms with Crippen molar-refractivity contribution in [2.45, 2.75) is 17.7 Å². The molecular weight excluding hydrogens is 172 g/mol. The first kappa shape index (κ1) is 7.93. The molecule has 0 aliphatic heterocycles. The van der Waals surface area contributed by atoms with E-state index in [-0.39, 0.29) is 0 Å². The summed E-state index contributed by atoms with van der Waals surface area (Å²) in [5.41, 5.74) is 1.33. The van der Waals surface area contributed by atoms with Crippen molar-refractivity contribution in [3.8, 4) is 5.75 Å². The van der Waals surface area contributed by atoms with Gasteiger partial charge in [-0.05, 0) is 24.1 Å². The van der Waals surface area contributed by atoms with Crippen LogP contribution >= 0.6 is 11.6 Å². The lowest BCUT2D eigenvalue weighted by molar-refractivity contribution is 0.414. The minimum Gasteiger partial charge on any atom is -0.497 e. The van der Waals surface area contributed by atoms with Crippen LogP contribution in [0.15, 0.2) is 24.3 Å². The van der Waals surface area contributed by atoms with E-state index in [1.807, 2.05) is 12.1 Å². The normalized spacial score (nSPS) is 26.8. The molecule has 0 aromatic heterocycles. The molecule has 0 amide bonds. The average Bonchev–Trinajstić information content (AvgIpc) is 2.83. The lowest BCUT2D eigenvalue weighted by Crippen LogP contribution is -1.84. The molecule has 0 saturated heterocycles. The lowest BCUT2D eigenvalue weighted by atomic mass is 10.1. The molecule has 1 aromatic carbocycles. The summed E-state index contributed by atoms with van der Waals surface area (Å²) in [6.45, 7) is 0. The Morgan fingerprint density at radius 2 is 1.92 bits per heavy atom. The standard InChI is InChI=1S/C10H11ClO/c1-12-8-4-2-7(3-5-8)9-6-10(9)11/h2-5,9-10H,6H2,1H3/t9?,10-/m1/s1. The van der Waals surface area contributed by atoms with Crippen LogP contribution in [0.5, 0.6) is 5.75 Å². The second kappa shape index (κ2) is 2.98. The van der Waals surface area contributed by atoms with Gasteiger partial charge >= 0.3 is 0 Å². The molecule has 0 N–H and O–H groups in total. The molecule has 0 spiro atoms. The molecule has 1 saturated carbocycles. The number of methoxy groups -OCH3 is 1. The number of halogens is 1. The fraction of sp³-hybridized carbons (Fsp3) is 0.400. The molecule has 1 nitrogen and oxygen atoms in total. The predicted molar refractivity (Wildman–Crippen MR) is 50.0 cm³/mol. The van der Waals surface area contributed by atoms with E-state index in [2.05, 4.69) is 12.1 Å². The van der Waals surface area contributed by atoms with Crippen LogP contribution in [0.1, 0.15) is 17.9 Å². The number of hydrogen-bond acceptors (Lipinski definition) is 1. The number of rotatable bonds is 2. The maximum atomic E-state index is 5.93. The van der Waals surface area contributed by atoms with Crippen LogP contribution in [0, 0.1) is 0 Å². The summed E-state index contributed by atoms with van der Waals surface area (Å²) in [6.07, 6.45) is 1.12.